The summed E-state index contributed by atoms with van der Waals surface area (Å²) in [6, 6.07) is 19.3. The van der Waals surface area contributed by atoms with Crippen molar-refractivity contribution in [2.75, 3.05) is 0 Å². The Bertz CT molecular complexity index is 1020. The van der Waals surface area contributed by atoms with Crippen molar-refractivity contribution in [3.8, 4) is 11.4 Å². The molecular weight excluding hydrogens is 352 g/mol. The lowest BCUT2D eigenvalue weighted by atomic mass is 10.1. The topological polar surface area (TPSA) is 60.3 Å². The Balaban J connectivity index is 1.83. The van der Waals surface area contributed by atoms with Crippen LogP contribution in [-0.2, 0) is 17.9 Å². The van der Waals surface area contributed by atoms with Crippen molar-refractivity contribution in [3.05, 3.63) is 93.4 Å². The summed E-state index contributed by atoms with van der Waals surface area (Å²) in [5, 5.41) is 2.76. The third-order valence-electron chi connectivity index (χ3n) is 4.56. The molecule has 0 aliphatic rings. The number of nitrogens with one attached hydrogen (secondary N) is 1. The molecule has 1 heterocycles. The molecule has 0 saturated heterocycles. The fourth-order valence-corrected chi connectivity index (χ4v) is 2.99. The van der Waals surface area contributed by atoms with Crippen LogP contribution in [0.25, 0.3) is 5.69 Å². The van der Waals surface area contributed by atoms with Gasteiger partial charge in [-0.3, -0.25) is 14.2 Å². The summed E-state index contributed by atoms with van der Waals surface area (Å²) < 4.78 is 7.57. The monoisotopic (exact) mass is 376 g/mol. The number of aromatic nitrogens is 1. The second-order valence-corrected chi connectivity index (χ2v) is 6.77. The van der Waals surface area contributed by atoms with Crippen molar-refractivity contribution in [1.82, 2.24) is 9.88 Å². The van der Waals surface area contributed by atoms with Gasteiger partial charge in [0.15, 0.2) is 0 Å². The molecule has 0 spiro atoms. The molecular formula is C23H24N2O3. The molecule has 1 N–H and O–H groups in total. The molecule has 3 rings (SSSR count). The highest BCUT2D eigenvalue weighted by Crippen LogP contribution is 2.20. The van der Waals surface area contributed by atoms with Crippen LogP contribution in [0.15, 0.2) is 65.5 Å². The lowest BCUT2D eigenvalue weighted by Gasteiger charge is -2.16. The van der Waals surface area contributed by atoms with E-state index in [0.29, 0.717) is 24.5 Å². The van der Waals surface area contributed by atoms with Crippen molar-refractivity contribution in [3.63, 3.8) is 0 Å². The number of amides is 1. The maximum Gasteiger partial charge on any atom is 0.261 e. The maximum atomic E-state index is 12.9. The van der Waals surface area contributed by atoms with Gasteiger partial charge < -0.3 is 10.1 Å². The van der Waals surface area contributed by atoms with Crippen LogP contribution in [0.1, 0.15) is 29.3 Å². The first-order valence-corrected chi connectivity index (χ1v) is 9.19. The summed E-state index contributed by atoms with van der Waals surface area (Å²) in [5.74, 6) is 0.530. The van der Waals surface area contributed by atoms with Gasteiger partial charge in [-0.2, -0.15) is 0 Å². The van der Waals surface area contributed by atoms with E-state index in [0.717, 1.165) is 22.5 Å². The summed E-state index contributed by atoms with van der Waals surface area (Å²) in [5.41, 5.74) is 4.09. The molecule has 0 aliphatic heterocycles. The molecule has 1 amide bonds. The number of hydrogen-bond acceptors (Lipinski definition) is 3. The SMILES string of the molecule is CC(=O)NCc1ccc(-n2c(C)cc(OCc3ccccc3)c(C)c2=O)cc1. The highest BCUT2D eigenvalue weighted by molar-refractivity contribution is 5.72. The van der Waals surface area contributed by atoms with E-state index in [2.05, 4.69) is 5.32 Å². The van der Waals surface area contributed by atoms with Gasteiger partial charge in [-0.15, -0.1) is 0 Å². The van der Waals surface area contributed by atoms with Gasteiger partial charge in [0.05, 0.1) is 5.56 Å². The van der Waals surface area contributed by atoms with Gasteiger partial charge in [-0.25, -0.2) is 0 Å². The third kappa shape index (κ3) is 4.49. The Hall–Kier alpha value is -3.34. The van der Waals surface area contributed by atoms with Gasteiger partial charge in [0.25, 0.3) is 5.56 Å². The first-order valence-electron chi connectivity index (χ1n) is 9.19. The predicted octanol–water partition coefficient (Wildman–Crippen LogP) is 3.67. The number of rotatable bonds is 6. The van der Waals surface area contributed by atoms with E-state index in [9.17, 15) is 9.59 Å². The van der Waals surface area contributed by atoms with Gasteiger partial charge in [0.1, 0.15) is 12.4 Å². The molecule has 0 fully saturated rings. The van der Waals surface area contributed by atoms with E-state index in [1.807, 2.05) is 67.6 Å². The lowest BCUT2D eigenvalue weighted by molar-refractivity contribution is -0.119. The first kappa shape index (κ1) is 19.4. The van der Waals surface area contributed by atoms with Crippen LogP contribution in [-0.4, -0.2) is 10.5 Å². The highest BCUT2D eigenvalue weighted by atomic mass is 16.5. The van der Waals surface area contributed by atoms with Crippen LogP contribution in [0.5, 0.6) is 5.75 Å². The van der Waals surface area contributed by atoms with Crippen LogP contribution in [0.4, 0.5) is 0 Å². The Morgan fingerprint density at radius 2 is 1.68 bits per heavy atom. The summed E-state index contributed by atoms with van der Waals surface area (Å²) >= 11 is 0. The lowest BCUT2D eigenvalue weighted by Crippen LogP contribution is -2.23. The molecule has 0 unspecified atom stereocenters. The Labute approximate surface area is 164 Å². The zero-order chi connectivity index (χ0) is 20.1. The molecule has 3 aromatic rings. The summed E-state index contributed by atoms with van der Waals surface area (Å²) in [6.45, 7) is 6.05. The zero-order valence-corrected chi connectivity index (χ0v) is 16.4. The fourth-order valence-electron chi connectivity index (χ4n) is 2.99. The molecule has 2 aromatic carbocycles. The highest BCUT2D eigenvalue weighted by Gasteiger charge is 2.12. The van der Waals surface area contributed by atoms with Gasteiger partial charge in [-0.05, 0) is 37.1 Å². The summed E-state index contributed by atoms with van der Waals surface area (Å²) in [7, 11) is 0. The number of nitrogens with zero attached hydrogens (tertiary/aromatic N) is 1. The second kappa shape index (κ2) is 8.57. The quantitative estimate of drug-likeness (QED) is 0.714. The van der Waals surface area contributed by atoms with Crippen molar-refractivity contribution < 1.29 is 9.53 Å². The smallest absolute Gasteiger partial charge is 0.261 e. The van der Waals surface area contributed by atoms with Gasteiger partial charge in [0.2, 0.25) is 5.91 Å². The second-order valence-electron chi connectivity index (χ2n) is 6.77. The molecule has 0 radical (unpaired) electrons. The number of ether oxygens (including phenoxy) is 1. The summed E-state index contributed by atoms with van der Waals surface area (Å²) in [6.07, 6.45) is 0. The van der Waals surface area contributed by atoms with Crippen molar-refractivity contribution in [2.45, 2.75) is 33.9 Å². The fraction of sp³-hybridized carbons (Fsp3) is 0.217. The number of carbonyl (C=O) groups excluding carboxylic acids is 1. The van der Waals surface area contributed by atoms with E-state index in [1.54, 1.807) is 11.5 Å². The predicted molar refractivity (Wildman–Crippen MR) is 110 cm³/mol. The third-order valence-corrected chi connectivity index (χ3v) is 4.56. The van der Waals surface area contributed by atoms with Crippen LogP contribution >= 0.6 is 0 Å². The van der Waals surface area contributed by atoms with E-state index in [-0.39, 0.29) is 11.5 Å². The molecule has 0 bridgehead atoms. The van der Waals surface area contributed by atoms with Crippen molar-refractivity contribution in [2.24, 2.45) is 0 Å². The summed E-state index contributed by atoms with van der Waals surface area (Å²) in [4.78, 5) is 24.0. The van der Waals surface area contributed by atoms with E-state index < -0.39 is 0 Å². The molecule has 5 nitrogen and oxygen atoms in total. The molecule has 1 aromatic heterocycles. The van der Waals surface area contributed by atoms with Gasteiger partial charge >= 0.3 is 0 Å². The minimum absolute atomic E-state index is 0.0714. The number of benzene rings is 2. The molecule has 0 saturated carbocycles. The number of carbonyl (C=O) groups is 1. The number of hydrogen-bond donors (Lipinski definition) is 1. The Morgan fingerprint density at radius 3 is 2.32 bits per heavy atom. The average molecular weight is 376 g/mol. The van der Waals surface area contributed by atoms with E-state index in [1.165, 1.54) is 6.92 Å². The largest absolute Gasteiger partial charge is 0.488 e. The Morgan fingerprint density at radius 1 is 1.00 bits per heavy atom. The van der Waals surface area contributed by atoms with Gasteiger partial charge in [-0.1, -0.05) is 42.5 Å². The van der Waals surface area contributed by atoms with E-state index in [4.69, 9.17) is 4.74 Å². The standard InChI is InChI=1S/C23H24N2O3/c1-16-13-22(28-15-20-7-5-4-6-8-20)17(2)23(27)25(16)21-11-9-19(10-12-21)14-24-18(3)26/h4-13H,14-15H2,1-3H3,(H,24,26). The molecule has 0 aliphatic carbocycles. The number of pyridine rings is 1. The maximum absolute atomic E-state index is 12.9. The Kier molecular flexibility index (Phi) is 5.94. The number of aryl methyl sites for hydroxylation is 1. The van der Waals surface area contributed by atoms with Gasteiger partial charge in [0, 0.05) is 30.9 Å². The van der Waals surface area contributed by atoms with Crippen LogP contribution in [0, 0.1) is 13.8 Å². The minimum Gasteiger partial charge on any atom is -0.488 e. The van der Waals surface area contributed by atoms with Crippen LogP contribution in [0.2, 0.25) is 0 Å². The van der Waals surface area contributed by atoms with Crippen LogP contribution in [0.3, 0.4) is 0 Å². The molecule has 0 atom stereocenters. The van der Waals surface area contributed by atoms with E-state index >= 15 is 0 Å². The molecule has 144 valence electrons. The first-order chi connectivity index (χ1) is 13.5. The van der Waals surface area contributed by atoms with Crippen LogP contribution < -0.4 is 15.6 Å². The molecule has 5 heteroatoms. The van der Waals surface area contributed by atoms with Crippen molar-refractivity contribution in [1.29, 1.82) is 0 Å². The average Bonchev–Trinajstić information content (AvgIpc) is 2.70. The normalized spacial score (nSPS) is 10.5. The zero-order valence-electron chi connectivity index (χ0n) is 16.4. The van der Waals surface area contributed by atoms with Crippen molar-refractivity contribution >= 4 is 5.91 Å². The molecule has 28 heavy (non-hydrogen) atoms. The minimum atomic E-state index is -0.0994.